The first kappa shape index (κ1) is 33.0. The van der Waals surface area contributed by atoms with Gasteiger partial charge in [0, 0.05) is 56.8 Å². The zero-order chi connectivity index (χ0) is 31.3. The Morgan fingerprint density at radius 2 is 1.84 bits per heavy atom. The number of hydrogen-bond acceptors (Lipinski definition) is 9. The summed E-state index contributed by atoms with van der Waals surface area (Å²) in [5, 5.41) is 19.0. The van der Waals surface area contributed by atoms with Crippen LogP contribution >= 0.6 is 0 Å². The third kappa shape index (κ3) is 7.61. The van der Waals surface area contributed by atoms with Gasteiger partial charge in [-0.3, -0.25) is 9.69 Å². The molecule has 1 aromatic carbocycles. The SMILES string of the molecule is CCN(CC)C[C@@H](O)CC(C(C)C)N1CC2(CCN(c3ncnnc3Oc3ccc(F)cc3C(=O)N(CC)C(C)C)C2)C1. The first-order chi connectivity index (χ1) is 20.5. The smallest absolute Gasteiger partial charge is 0.282 e. The number of likely N-dealkylation sites (N-methyl/N-ethyl adjacent to an activating group) is 1. The molecule has 2 saturated heterocycles. The molecule has 10 nitrogen and oxygen atoms in total. The van der Waals surface area contributed by atoms with Crippen LogP contribution < -0.4 is 9.64 Å². The van der Waals surface area contributed by atoms with Crippen molar-refractivity contribution < 1.29 is 19.0 Å². The van der Waals surface area contributed by atoms with Gasteiger partial charge < -0.3 is 24.5 Å². The van der Waals surface area contributed by atoms with Crippen LogP contribution in [-0.4, -0.2) is 111 Å². The number of likely N-dealkylation sites (tertiary alicyclic amines) is 1. The Kier molecular flexibility index (Phi) is 10.9. The van der Waals surface area contributed by atoms with Gasteiger partial charge in [-0.15, -0.1) is 10.2 Å². The van der Waals surface area contributed by atoms with Gasteiger partial charge in [0.1, 0.15) is 17.9 Å². The Balaban J connectivity index is 1.45. The van der Waals surface area contributed by atoms with Gasteiger partial charge in [-0.25, -0.2) is 9.37 Å². The number of halogens is 1. The number of aliphatic hydroxyl groups excluding tert-OH is 1. The summed E-state index contributed by atoms with van der Waals surface area (Å²) in [6, 6.07) is 4.23. The molecule has 0 bridgehead atoms. The van der Waals surface area contributed by atoms with Crippen LogP contribution in [0.5, 0.6) is 11.6 Å². The monoisotopic (exact) mass is 599 g/mol. The quantitative estimate of drug-likeness (QED) is 0.341. The minimum Gasteiger partial charge on any atom is -0.434 e. The molecule has 2 aliphatic heterocycles. The van der Waals surface area contributed by atoms with E-state index in [0.29, 0.717) is 30.9 Å². The second-order valence-corrected chi connectivity index (χ2v) is 12.8. The molecule has 1 aromatic heterocycles. The maximum Gasteiger partial charge on any atom is 0.282 e. The van der Waals surface area contributed by atoms with Crippen molar-refractivity contribution in [1.29, 1.82) is 0 Å². The van der Waals surface area contributed by atoms with Gasteiger partial charge in [-0.05, 0) is 70.8 Å². The zero-order valence-electron chi connectivity index (χ0n) is 27.0. The van der Waals surface area contributed by atoms with Crippen molar-refractivity contribution in [1.82, 2.24) is 29.9 Å². The minimum atomic E-state index is -0.510. The standard InChI is InChI=1S/C32H50FN7O3/c1-8-37(9-2)17-25(41)16-27(22(4)5)39-19-32(20-39)13-14-38(18-32)29-30(36-35-21-34-29)43-28-12-11-24(33)15-26(28)31(42)40(10-3)23(6)7/h11-12,15,21-23,25,27,41H,8-10,13-14,16-20H2,1-7H3/t25-,27?/m0/s1. The Morgan fingerprint density at radius 3 is 2.47 bits per heavy atom. The Morgan fingerprint density at radius 1 is 1.12 bits per heavy atom. The average Bonchev–Trinajstić information content (AvgIpc) is 3.41. The van der Waals surface area contributed by atoms with Crippen molar-refractivity contribution in [2.45, 2.75) is 79.5 Å². The fourth-order valence-corrected chi connectivity index (χ4v) is 6.70. The van der Waals surface area contributed by atoms with Crippen LogP contribution in [0, 0.1) is 17.2 Å². The lowest BCUT2D eigenvalue weighted by atomic mass is 9.76. The van der Waals surface area contributed by atoms with E-state index < -0.39 is 5.82 Å². The molecule has 3 heterocycles. The van der Waals surface area contributed by atoms with Crippen molar-refractivity contribution >= 4 is 11.7 Å². The molecular weight excluding hydrogens is 549 g/mol. The van der Waals surface area contributed by atoms with Gasteiger partial charge >= 0.3 is 0 Å². The first-order valence-corrected chi connectivity index (χ1v) is 15.9. The summed E-state index contributed by atoms with van der Waals surface area (Å²) in [5.41, 5.74) is 0.275. The van der Waals surface area contributed by atoms with E-state index in [9.17, 15) is 14.3 Å². The fourth-order valence-electron chi connectivity index (χ4n) is 6.70. The number of hydrogen-bond donors (Lipinski definition) is 1. The molecule has 4 rings (SSSR count). The van der Waals surface area contributed by atoms with Crippen molar-refractivity contribution in [3.8, 4) is 11.6 Å². The van der Waals surface area contributed by atoms with E-state index in [0.717, 1.165) is 52.1 Å². The molecule has 2 aromatic rings. The lowest BCUT2D eigenvalue weighted by molar-refractivity contribution is -0.0485. The number of nitrogens with zero attached hydrogens (tertiary/aromatic N) is 7. The van der Waals surface area contributed by atoms with Crippen LogP contribution in [0.25, 0.3) is 0 Å². The van der Waals surface area contributed by atoms with Gasteiger partial charge in [0.15, 0.2) is 5.82 Å². The normalized spacial score (nSPS) is 18.0. The molecule has 0 saturated carbocycles. The maximum atomic E-state index is 14.3. The van der Waals surface area contributed by atoms with Crippen LogP contribution in [0.15, 0.2) is 24.5 Å². The first-order valence-electron chi connectivity index (χ1n) is 15.9. The van der Waals surface area contributed by atoms with E-state index in [4.69, 9.17) is 4.74 Å². The highest BCUT2D eigenvalue weighted by molar-refractivity contribution is 5.97. The molecular formula is C32H50FN7O3. The van der Waals surface area contributed by atoms with E-state index in [-0.39, 0.29) is 40.7 Å². The molecule has 1 N–H and O–H groups in total. The molecule has 238 valence electrons. The van der Waals surface area contributed by atoms with Crippen LogP contribution in [0.2, 0.25) is 0 Å². The second kappa shape index (κ2) is 14.3. The molecule has 0 aliphatic carbocycles. The van der Waals surface area contributed by atoms with Crippen molar-refractivity contribution in [2.24, 2.45) is 11.3 Å². The summed E-state index contributed by atoms with van der Waals surface area (Å²) < 4.78 is 20.4. The fraction of sp³-hybridized carbons (Fsp3) is 0.688. The van der Waals surface area contributed by atoms with E-state index in [1.165, 1.54) is 24.5 Å². The van der Waals surface area contributed by atoms with Gasteiger partial charge in [0.05, 0.1) is 11.7 Å². The third-order valence-corrected chi connectivity index (χ3v) is 9.11. The largest absolute Gasteiger partial charge is 0.434 e. The Bertz CT molecular complexity index is 1220. The number of rotatable bonds is 14. The molecule has 1 spiro atoms. The highest BCUT2D eigenvalue weighted by atomic mass is 19.1. The summed E-state index contributed by atoms with van der Waals surface area (Å²) in [7, 11) is 0. The minimum absolute atomic E-state index is 0.0499. The van der Waals surface area contributed by atoms with Crippen molar-refractivity contribution in [3.63, 3.8) is 0 Å². The van der Waals surface area contributed by atoms with Crippen LogP contribution in [0.1, 0.15) is 71.7 Å². The van der Waals surface area contributed by atoms with E-state index >= 15 is 0 Å². The summed E-state index contributed by atoms with van der Waals surface area (Å²) in [5.74, 6) is 0.620. The molecule has 1 unspecified atom stereocenters. The van der Waals surface area contributed by atoms with Crippen molar-refractivity contribution in [2.75, 3.05) is 57.3 Å². The summed E-state index contributed by atoms with van der Waals surface area (Å²) in [6.07, 6.45) is 2.84. The topological polar surface area (TPSA) is 98.2 Å². The van der Waals surface area contributed by atoms with Gasteiger partial charge in [-0.2, -0.15) is 0 Å². The third-order valence-electron chi connectivity index (χ3n) is 9.11. The molecule has 1 amide bonds. The maximum absolute atomic E-state index is 14.3. The van der Waals surface area contributed by atoms with E-state index in [1.807, 2.05) is 20.8 Å². The molecule has 2 fully saturated rings. The zero-order valence-corrected chi connectivity index (χ0v) is 27.0. The molecule has 43 heavy (non-hydrogen) atoms. The summed E-state index contributed by atoms with van der Waals surface area (Å²) in [6.45, 7) is 21.1. The predicted octanol–water partition coefficient (Wildman–Crippen LogP) is 4.30. The number of carbonyl (C=O) groups excluding carboxylic acids is 1. The number of carbonyl (C=O) groups is 1. The average molecular weight is 600 g/mol. The Hall–Kier alpha value is -2.89. The van der Waals surface area contributed by atoms with Crippen LogP contribution in [0.3, 0.4) is 0 Å². The van der Waals surface area contributed by atoms with Crippen LogP contribution in [0.4, 0.5) is 10.2 Å². The highest BCUT2D eigenvalue weighted by Crippen LogP contribution is 2.44. The Labute approximate surface area is 256 Å². The lowest BCUT2D eigenvalue weighted by Gasteiger charge is -2.53. The number of anilines is 1. The van der Waals surface area contributed by atoms with Crippen molar-refractivity contribution in [3.05, 3.63) is 35.9 Å². The van der Waals surface area contributed by atoms with Gasteiger partial charge in [-0.1, -0.05) is 27.7 Å². The highest BCUT2D eigenvalue weighted by Gasteiger charge is 2.50. The second-order valence-electron chi connectivity index (χ2n) is 12.8. The van der Waals surface area contributed by atoms with Gasteiger partial charge in [0.2, 0.25) is 0 Å². The number of benzene rings is 1. The number of aromatic nitrogens is 3. The van der Waals surface area contributed by atoms with E-state index in [1.54, 1.807) is 4.90 Å². The summed E-state index contributed by atoms with van der Waals surface area (Å²) in [4.78, 5) is 26.5. The molecule has 2 aliphatic rings. The number of amides is 1. The lowest BCUT2D eigenvalue weighted by Crippen LogP contribution is -2.62. The molecule has 11 heteroatoms. The summed E-state index contributed by atoms with van der Waals surface area (Å²) >= 11 is 0. The molecule has 2 atom stereocenters. The number of ether oxygens (including phenoxy) is 1. The molecule has 0 radical (unpaired) electrons. The van der Waals surface area contributed by atoms with Gasteiger partial charge in [0.25, 0.3) is 11.8 Å². The predicted molar refractivity (Wildman–Crippen MR) is 166 cm³/mol. The van der Waals surface area contributed by atoms with Crippen LogP contribution in [-0.2, 0) is 0 Å². The van der Waals surface area contributed by atoms with E-state index in [2.05, 4.69) is 57.6 Å². The number of aliphatic hydroxyl groups is 1.